The summed E-state index contributed by atoms with van der Waals surface area (Å²) >= 11 is 0. The fourth-order valence-electron chi connectivity index (χ4n) is 3.39. The first-order valence-corrected chi connectivity index (χ1v) is 9.14. The van der Waals surface area contributed by atoms with E-state index in [4.69, 9.17) is 14.5 Å². The van der Waals surface area contributed by atoms with Gasteiger partial charge < -0.3 is 9.47 Å². The molecule has 6 nitrogen and oxygen atoms in total. The standard InChI is InChI=1S/C21H24N4O2/c1-24-13-16(12-22-24)14-25-10-11-27-21(15-25)20-5-3-4-19(23-20)17-6-8-18(26-2)9-7-17/h3-9,12-13,21H,10-11,14-15H2,1-2H3/t21-/m0/s1. The third-order valence-corrected chi connectivity index (χ3v) is 4.80. The Bertz CT molecular complexity index is 891. The van der Waals surface area contributed by atoms with Crippen molar-refractivity contribution in [2.45, 2.75) is 12.6 Å². The summed E-state index contributed by atoms with van der Waals surface area (Å²) in [5, 5.41) is 4.25. The van der Waals surface area contributed by atoms with Gasteiger partial charge in [0.05, 0.1) is 31.3 Å². The van der Waals surface area contributed by atoms with Crippen molar-refractivity contribution < 1.29 is 9.47 Å². The van der Waals surface area contributed by atoms with Crippen molar-refractivity contribution in [2.24, 2.45) is 7.05 Å². The minimum absolute atomic E-state index is 0.0198. The van der Waals surface area contributed by atoms with Crippen LogP contribution in [0.2, 0.25) is 0 Å². The lowest BCUT2D eigenvalue weighted by molar-refractivity contribution is -0.0349. The highest BCUT2D eigenvalue weighted by Gasteiger charge is 2.23. The number of methoxy groups -OCH3 is 1. The number of pyridine rings is 1. The van der Waals surface area contributed by atoms with Gasteiger partial charge in [-0.2, -0.15) is 5.10 Å². The highest BCUT2D eigenvalue weighted by Crippen LogP contribution is 2.26. The number of aryl methyl sites for hydroxylation is 1. The van der Waals surface area contributed by atoms with E-state index < -0.39 is 0 Å². The molecule has 140 valence electrons. The lowest BCUT2D eigenvalue weighted by Gasteiger charge is -2.32. The zero-order valence-corrected chi connectivity index (χ0v) is 15.7. The molecule has 1 fully saturated rings. The van der Waals surface area contributed by atoms with Crippen LogP contribution in [0.15, 0.2) is 54.9 Å². The van der Waals surface area contributed by atoms with E-state index in [1.807, 2.05) is 60.4 Å². The van der Waals surface area contributed by atoms with Crippen LogP contribution in [0.3, 0.4) is 0 Å². The Labute approximate surface area is 159 Å². The summed E-state index contributed by atoms with van der Waals surface area (Å²) in [6.07, 6.45) is 3.97. The van der Waals surface area contributed by atoms with Crippen molar-refractivity contribution in [3.63, 3.8) is 0 Å². The molecule has 3 aromatic rings. The summed E-state index contributed by atoms with van der Waals surface area (Å²) in [6.45, 7) is 3.34. The van der Waals surface area contributed by atoms with Crippen molar-refractivity contribution >= 4 is 0 Å². The van der Waals surface area contributed by atoms with Crippen molar-refractivity contribution in [1.29, 1.82) is 0 Å². The lowest BCUT2D eigenvalue weighted by atomic mass is 10.1. The number of rotatable bonds is 5. The molecule has 1 aliphatic rings. The predicted molar refractivity (Wildman–Crippen MR) is 103 cm³/mol. The van der Waals surface area contributed by atoms with Gasteiger partial charge in [-0.15, -0.1) is 0 Å². The van der Waals surface area contributed by atoms with E-state index in [0.717, 1.165) is 42.3 Å². The third-order valence-electron chi connectivity index (χ3n) is 4.80. The first-order valence-electron chi connectivity index (χ1n) is 9.14. The Hall–Kier alpha value is -2.70. The molecule has 3 heterocycles. The topological polar surface area (TPSA) is 52.4 Å². The molecule has 0 spiro atoms. The predicted octanol–water partition coefficient (Wildman–Crippen LogP) is 3.06. The van der Waals surface area contributed by atoms with E-state index in [9.17, 15) is 0 Å². The van der Waals surface area contributed by atoms with Gasteiger partial charge in [0, 0.05) is 44.0 Å². The molecule has 0 N–H and O–H groups in total. The molecule has 0 amide bonds. The van der Waals surface area contributed by atoms with E-state index in [0.29, 0.717) is 6.61 Å². The molecule has 0 radical (unpaired) electrons. The number of ether oxygens (including phenoxy) is 2. The van der Waals surface area contributed by atoms with Gasteiger partial charge in [0.1, 0.15) is 11.9 Å². The van der Waals surface area contributed by atoms with Crippen LogP contribution in [0.4, 0.5) is 0 Å². The summed E-state index contributed by atoms with van der Waals surface area (Å²) in [7, 11) is 3.62. The van der Waals surface area contributed by atoms with Crippen LogP contribution in [0, 0.1) is 0 Å². The van der Waals surface area contributed by atoms with E-state index >= 15 is 0 Å². The number of benzene rings is 1. The summed E-state index contributed by atoms with van der Waals surface area (Å²) < 4.78 is 13.1. The Morgan fingerprint density at radius 2 is 2.04 bits per heavy atom. The molecule has 1 atom stereocenters. The van der Waals surface area contributed by atoms with Crippen molar-refractivity contribution in [2.75, 3.05) is 26.8 Å². The highest BCUT2D eigenvalue weighted by atomic mass is 16.5. The van der Waals surface area contributed by atoms with Crippen LogP contribution in [0.25, 0.3) is 11.3 Å². The molecule has 0 saturated carbocycles. The average molecular weight is 364 g/mol. The maximum Gasteiger partial charge on any atom is 0.118 e. The van der Waals surface area contributed by atoms with E-state index in [1.165, 1.54) is 5.56 Å². The first-order chi connectivity index (χ1) is 13.2. The smallest absolute Gasteiger partial charge is 0.118 e. The summed E-state index contributed by atoms with van der Waals surface area (Å²) in [6, 6.07) is 14.1. The Morgan fingerprint density at radius 3 is 2.78 bits per heavy atom. The molecule has 27 heavy (non-hydrogen) atoms. The Kier molecular flexibility index (Phi) is 5.18. The second-order valence-corrected chi connectivity index (χ2v) is 6.79. The molecule has 2 aromatic heterocycles. The van der Waals surface area contributed by atoms with E-state index in [-0.39, 0.29) is 6.10 Å². The van der Waals surface area contributed by atoms with Gasteiger partial charge in [-0.25, -0.2) is 0 Å². The summed E-state index contributed by atoms with van der Waals surface area (Å²) in [4.78, 5) is 7.25. The van der Waals surface area contributed by atoms with Crippen LogP contribution in [-0.4, -0.2) is 46.5 Å². The quantitative estimate of drug-likeness (QED) is 0.696. The summed E-state index contributed by atoms with van der Waals surface area (Å²) in [5.41, 5.74) is 4.21. The highest BCUT2D eigenvalue weighted by molar-refractivity contribution is 5.60. The van der Waals surface area contributed by atoms with Gasteiger partial charge in [-0.3, -0.25) is 14.6 Å². The van der Waals surface area contributed by atoms with Gasteiger partial charge in [0.15, 0.2) is 0 Å². The molecule has 6 heteroatoms. The monoisotopic (exact) mass is 364 g/mol. The minimum atomic E-state index is -0.0198. The Balaban J connectivity index is 1.48. The van der Waals surface area contributed by atoms with Crippen LogP contribution in [0.5, 0.6) is 5.75 Å². The van der Waals surface area contributed by atoms with Crippen LogP contribution in [0.1, 0.15) is 17.4 Å². The third kappa shape index (κ3) is 4.18. The average Bonchev–Trinajstić information content (AvgIpc) is 3.13. The van der Waals surface area contributed by atoms with E-state index in [2.05, 4.69) is 16.2 Å². The van der Waals surface area contributed by atoms with Crippen molar-refractivity contribution in [3.05, 3.63) is 66.1 Å². The second-order valence-electron chi connectivity index (χ2n) is 6.79. The SMILES string of the molecule is COc1ccc(-c2cccc([C@@H]3CN(Cc4cnn(C)c4)CCO3)n2)cc1. The fourth-order valence-corrected chi connectivity index (χ4v) is 3.39. The normalized spacial score (nSPS) is 17.8. The van der Waals surface area contributed by atoms with Gasteiger partial charge in [-0.05, 0) is 36.4 Å². The number of hydrogen-bond acceptors (Lipinski definition) is 5. The molecule has 1 aliphatic heterocycles. The van der Waals surface area contributed by atoms with Crippen molar-refractivity contribution in [1.82, 2.24) is 19.7 Å². The maximum absolute atomic E-state index is 6.02. The van der Waals surface area contributed by atoms with Gasteiger partial charge >= 0.3 is 0 Å². The maximum atomic E-state index is 6.02. The van der Waals surface area contributed by atoms with Crippen molar-refractivity contribution in [3.8, 4) is 17.0 Å². The lowest BCUT2D eigenvalue weighted by Crippen LogP contribution is -2.38. The molecule has 1 saturated heterocycles. The zero-order valence-electron chi connectivity index (χ0n) is 15.7. The Morgan fingerprint density at radius 1 is 1.19 bits per heavy atom. The summed E-state index contributed by atoms with van der Waals surface area (Å²) in [5.74, 6) is 0.844. The number of hydrogen-bond donors (Lipinski definition) is 0. The minimum Gasteiger partial charge on any atom is -0.497 e. The molecular weight excluding hydrogens is 340 g/mol. The largest absolute Gasteiger partial charge is 0.497 e. The van der Waals surface area contributed by atoms with Gasteiger partial charge in [0.2, 0.25) is 0 Å². The number of morpholine rings is 1. The molecule has 0 unspecified atom stereocenters. The fraction of sp³-hybridized carbons (Fsp3) is 0.333. The number of aromatic nitrogens is 3. The molecular formula is C21H24N4O2. The molecule has 0 bridgehead atoms. The zero-order chi connectivity index (χ0) is 18.6. The van der Waals surface area contributed by atoms with Crippen LogP contribution in [-0.2, 0) is 18.3 Å². The molecule has 0 aliphatic carbocycles. The van der Waals surface area contributed by atoms with Gasteiger partial charge in [-0.1, -0.05) is 6.07 Å². The molecule has 1 aromatic carbocycles. The van der Waals surface area contributed by atoms with Gasteiger partial charge in [0.25, 0.3) is 0 Å². The molecule has 4 rings (SSSR count). The van der Waals surface area contributed by atoms with Crippen LogP contribution >= 0.6 is 0 Å². The second kappa shape index (κ2) is 7.90. The van der Waals surface area contributed by atoms with Crippen LogP contribution < -0.4 is 4.74 Å². The number of nitrogens with zero attached hydrogens (tertiary/aromatic N) is 4. The van der Waals surface area contributed by atoms with E-state index in [1.54, 1.807) is 7.11 Å². The first kappa shape index (κ1) is 17.7.